The van der Waals surface area contributed by atoms with Gasteiger partial charge >= 0.3 is 0 Å². The highest BCUT2D eigenvalue weighted by atomic mass is 32.1. The van der Waals surface area contributed by atoms with E-state index in [1.807, 2.05) is 53.1 Å². The molecule has 1 N–H and O–H groups in total. The van der Waals surface area contributed by atoms with Gasteiger partial charge in [0.1, 0.15) is 12.4 Å². The Morgan fingerprint density at radius 3 is 2.74 bits per heavy atom. The van der Waals surface area contributed by atoms with Gasteiger partial charge in [-0.3, -0.25) is 14.5 Å². The first-order valence-corrected chi connectivity index (χ1v) is 10.4. The zero-order chi connectivity index (χ0) is 21.8. The fourth-order valence-corrected chi connectivity index (χ4v) is 3.67. The molecule has 4 rings (SSSR count). The second kappa shape index (κ2) is 9.22. The molecule has 1 aromatic heterocycles. The molecule has 0 fully saturated rings. The summed E-state index contributed by atoms with van der Waals surface area (Å²) in [6.07, 6.45) is 0.0762. The van der Waals surface area contributed by atoms with Crippen LogP contribution in [0.2, 0.25) is 0 Å². The van der Waals surface area contributed by atoms with Crippen molar-refractivity contribution in [2.75, 3.05) is 27.3 Å². The second-order valence-electron chi connectivity index (χ2n) is 7.25. The monoisotopic (exact) mass is 440 g/mol. The van der Waals surface area contributed by atoms with Crippen LogP contribution in [-0.4, -0.2) is 59.0 Å². The summed E-state index contributed by atoms with van der Waals surface area (Å²) in [7, 11) is 3.39. The first-order valence-electron chi connectivity index (χ1n) is 9.97. The molecule has 0 radical (unpaired) electrons. The van der Waals surface area contributed by atoms with Crippen LogP contribution in [0.25, 0.3) is 11.4 Å². The number of para-hydroxylation sites is 2. The number of ether oxygens (including phenoxy) is 3. The first-order chi connectivity index (χ1) is 15.0. The lowest BCUT2D eigenvalue weighted by atomic mass is 10.2. The highest BCUT2D eigenvalue weighted by Crippen LogP contribution is 2.31. The number of methoxy groups -OCH3 is 1. The van der Waals surface area contributed by atoms with E-state index < -0.39 is 0 Å². The van der Waals surface area contributed by atoms with E-state index in [1.165, 1.54) is 0 Å². The van der Waals surface area contributed by atoms with Crippen molar-refractivity contribution in [3.63, 3.8) is 0 Å². The third kappa shape index (κ3) is 4.72. The Hall–Kier alpha value is -3.33. The maximum Gasteiger partial charge on any atom is 0.224 e. The van der Waals surface area contributed by atoms with E-state index in [2.05, 4.69) is 10.2 Å². The lowest BCUT2D eigenvalue weighted by Gasteiger charge is -2.29. The van der Waals surface area contributed by atoms with Crippen LogP contribution >= 0.6 is 12.2 Å². The van der Waals surface area contributed by atoms with E-state index in [9.17, 15) is 4.79 Å². The van der Waals surface area contributed by atoms with E-state index in [0.717, 1.165) is 17.1 Å². The van der Waals surface area contributed by atoms with Gasteiger partial charge in [0, 0.05) is 25.6 Å². The number of hydrogen-bond donors (Lipinski definition) is 1. The smallest absolute Gasteiger partial charge is 0.224 e. The summed E-state index contributed by atoms with van der Waals surface area (Å²) in [6.45, 7) is 1.27. The van der Waals surface area contributed by atoms with Crippen molar-refractivity contribution in [3.8, 4) is 28.6 Å². The number of amides is 1. The minimum absolute atomic E-state index is 0.00811. The first kappa shape index (κ1) is 20.9. The Kier molecular flexibility index (Phi) is 6.22. The van der Waals surface area contributed by atoms with E-state index in [1.54, 1.807) is 19.1 Å². The van der Waals surface area contributed by atoms with Gasteiger partial charge < -0.3 is 19.1 Å². The molecule has 0 aliphatic carbocycles. The summed E-state index contributed by atoms with van der Waals surface area (Å²) in [5.74, 6) is 2.87. The number of benzene rings is 2. The van der Waals surface area contributed by atoms with Crippen LogP contribution < -0.4 is 14.2 Å². The number of fused-ring (bicyclic) bond motifs is 1. The third-order valence-electron chi connectivity index (χ3n) is 5.13. The van der Waals surface area contributed by atoms with Gasteiger partial charge in [0.2, 0.25) is 5.91 Å². The van der Waals surface area contributed by atoms with Gasteiger partial charge in [0.25, 0.3) is 0 Å². The SMILES string of the molecule is COc1ccc(-c2n[nH]c(=S)n2CCC(=O)N(C)CC2COc3ccccc3O2)cc1. The quantitative estimate of drug-likeness (QED) is 0.568. The largest absolute Gasteiger partial charge is 0.497 e. The van der Waals surface area contributed by atoms with E-state index in [0.29, 0.717) is 36.0 Å². The van der Waals surface area contributed by atoms with Gasteiger partial charge in [-0.25, -0.2) is 0 Å². The summed E-state index contributed by atoms with van der Waals surface area (Å²) in [5.41, 5.74) is 0.889. The molecule has 1 unspecified atom stereocenters. The number of H-pyrrole nitrogens is 1. The third-order valence-corrected chi connectivity index (χ3v) is 5.44. The van der Waals surface area contributed by atoms with Gasteiger partial charge in [0.05, 0.1) is 13.7 Å². The number of aromatic nitrogens is 3. The van der Waals surface area contributed by atoms with Crippen molar-refractivity contribution in [1.82, 2.24) is 19.7 Å². The molecule has 1 amide bonds. The van der Waals surface area contributed by atoms with Crippen LogP contribution in [0, 0.1) is 4.77 Å². The highest BCUT2D eigenvalue weighted by Gasteiger charge is 2.23. The Morgan fingerprint density at radius 2 is 2.00 bits per heavy atom. The number of nitrogens with zero attached hydrogens (tertiary/aromatic N) is 3. The Labute approximate surface area is 185 Å². The molecule has 162 valence electrons. The predicted molar refractivity (Wildman–Crippen MR) is 118 cm³/mol. The molecule has 3 aromatic rings. The number of hydrogen-bond acceptors (Lipinski definition) is 6. The molecule has 1 aliphatic heterocycles. The summed E-state index contributed by atoms with van der Waals surface area (Å²) in [6, 6.07) is 15.1. The van der Waals surface area contributed by atoms with Crippen LogP contribution in [0.1, 0.15) is 6.42 Å². The van der Waals surface area contributed by atoms with Crippen molar-refractivity contribution in [2.24, 2.45) is 0 Å². The van der Waals surface area contributed by atoms with Crippen LogP contribution in [0.15, 0.2) is 48.5 Å². The summed E-state index contributed by atoms with van der Waals surface area (Å²) >= 11 is 5.37. The van der Waals surface area contributed by atoms with Crippen molar-refractivity contribution in [2.45, 2.75) is 19.1 Å². The normalized spacial score (nSPS) is 14.8. The summed E-state index contributed by atoms with van der Waals surface area (Å²) < 4.78 is 19.2. The average Bonchev–Trinajstić information content (AvgIpc) is 3.17. The lowest BCUT2D eigenvalue weighted by Crippen LogP contribution is -2.42. The number of likely N-dealkylation sites (N-methyl/N-ethyl adjacent to an activating group) is 1. The Bertz CT molecular complexity index is 1110. The number of carbonyl (C=O) groups is 1. The topological polar surface area (TPSA) is 81.6 Å². The molecule has 0 bridgehead atoms. The minimum Gasteiger partial charge on any atom is -0.497 e. The summed E-state index contributed by atoms with van der Waals surface area (Å²) in [5, 5.41) is 7.14. The van der Waals surface area contributed by atoms with Gasteiger partial charge in [-0.2, -0.15) is 5.10 Å². The van der Waals surface area contributed by atoms with Gasteiger partial charge in [-0.1, -0.05) is 12.1 Å². The standard InChI is InChI=1S/C22H24N4O4S/c1-25(13-17-14-29-18-5-3-4-6-19(18)30-17)20(27)11-12-26-21(23-24-22(26)31)15-7-9-16(28-2)10-8-15/h3-10,17H,11-14H2,1-2H3,(H,24,31). The van der Waals surface area contributed by atoms with Crippen molar-refractivity contribution < 1.29 is 19.0 Å². The molecule has 31 heavy (non-hydrogen) atoms. The van der Waals surface area contributed by atoms with E-state index in [-0.39, 0.29) is 18.4 Å². The fraction of sp³-hybridized carbons (Fsp3) is 0.318. The van der Waals surface area contributed by atoms with Gasteiger partial charge in [0.15, 0.2) is 28.2 Å². The number of aromatic amines is 1. The van der Waals surface area contributed by atoms with Crippen LogP contribution in [0.4, 0.5) is 0 Å². The van der Waals surface area contributed by atoms with E-state index in [4.69, 9.17) is 26.4 Å². The number of rotatable bonds is 7. The molecule has 0 saturated carbocycles. The van der Waals surface area contributed by atoms with Crippen molar-refractivity contribution in [1.29, 1.82) is 0 Å². The highest BCUT2D eigenvalue weighted by molar-refractivity contribution is 7.71. The molecule has 2 heterocycles. The maximum absolute atomic E-state index is 12.7. The average molecular weight is 441 g/mol. The second-order valence-corrected chi connectivity index (χ2v) is 7.64. The van der Waals surface area contributed by atoms with Gasteiger partial charge in [-0.05, 0) is 48.6 Å². The van der Waals surface area contributed by atoms with Crippen molar-refractivity contribution >= 4 is 18.1 Å². The minimum atomic E-state index is -0.213. The van der Waals surface area contributed by atoms with Crippen LogP contribution in [0.3, 0.4) is 0 Å². The van der Waals surface area contributed by atoms with Crippen molar-refractivity contribution in [3.05, 3.63) is 53.3 Å². The zero-order valence-corrected chi connectivity index (χ0v) is 18.2. The molecule has 0 saturated heterocycles. The summed E-state index contributed by atoms with van der Waals surface area (Å²) in [4.78, 5) is 14.4. The molecular weight excluding hydrogens is 416 g/mol. The molecule has 9 heteroatoms. The molecule has 0 spiro atoms. The van der Waals surface area contributed by atoms with E-state index >= 15 is 0 Å². The molecule has 2 aromatic carbocycles. The van der Waals surface area contributed by atoms with Gasteiger partial charge in [-0.15, -0.1) is 0 Å². The lowest BCUT2D eigenvalue weighted by molar-refractivity contribution is -0.131. The van der Waals surface area contributed by atoms with Crippen LogP contribution in [-0.2, 0) is 11.3 Å². The number of nitrogens with one attached hydrogen (secondary N) is 1. The Morgan fingerprint density at radius 1 is 1.26 bits per heavy atom. The maximum atomic E-state index is 12.7. The molecule has 1 aliphatic rings. The Balaban J connectivity index is 1.36. The molecule has 8 nitrogen and oxygen atoms in total. The van der Waals surface area contributed by atoms with Crippen LogP contribution in [0.5, 0.6) is 17.2 Å². The fourth-order valence-electron chi connectivity index (χ4n) is 3.44. The molecular formula is C22H24N4O4S. The zero-order valence-electron chi connectivity index (χ0n) is 17.4. The molecule has 1 atom stereocenters. The number of carbonyl (C=O) groups excluding carboxylic acids is 1. The predicted octanol–water partition coefficient (Wildman–Crippen LogP) is 3.30.